The smallest absolute Gasteiger partial charge is 0.332 e. The molecule has 2 aromatic carbocycles. The quantitative estimate of drug-likeness (QED) is 0.407. The lowest BCUT2D eigenvalue weighted by Crippen LogP contribution is -2.28. The van der Waals surface area contributed by atoms with Crippen molar-refractivity contribution in [3.05, 3.63) is 72.3 Å². The minimum Gasteiger partial charge on any atom is -0.433 e. The maximum absolute atomic E-state index is 11.6. The highest BCUT2D eigenvalue weighted by Gasteiger charge is 2.44. The highest BCUT2D eigenvalue weighted by molar-refractivity contribution is 9.25. The van der Waals surface area contributed by atoms with Crippen LogP contribution >= 0.6 is 31.9 Å². The number of benzene rings is 2. The van der Waals surface area contributed by atoms with Crippen molar-refractivity contribution in [2.45, 2.75) is 9.34 Å². The molecule has 0 fully saturated rings. The number of hydrogen-bond acceptors (Lipinski definition) is 2. The first kappa shape index (κ1) is 14.5. The predicted octanol–water partition coefficient (Wildman–Crippen LogP) is 4.97. The first-order valence-electron chi connectivity index (χ1n) is 6.46. The van der Waals surface area contributed by atoms with Gasteiger partial charge in [-0.2, -0.15) is 0 Å². The molecule has 0 radical (unpaired) electrons. The zero-order valence-electron chi connectivity index (χ0n) is 11.1. The molecule has 106 valence electrons. The second-order valence-electron chi connectivity index (χ2n) is 4.79. The number of halogens is 2. The normalized spacial score (nSPS) is 13.4. The molecule has 2 aromatic rings. The molecule has 2 nitrogen and oxygen atoms in total. The summed E-state index contributed by atoms with van der Waals surface area (Å²) in [4.78, 5) is 11.6. The van der Waals surface area contributed by atoms with Gasteiger partial charge in [-0.25, -0.2) is 4.79 Å². The summed E-state index contributed by atoms with van der Waals surface area (Å²) in [6, 6.07) is 16.3. The molecule has 1 aliphatic carbocycles. The monoisotopic (exact) mass is 406 g/mol. The molecule has 0 aromatic heterocycles. The van der Waals surface area contributed by atoms with Crippen LogP contribution in [0.3, 0.4) is 0 Å². The van der Waals surface area contributed by atoms with Crippen LogP contribution in [0.5, 0.6) is 0 Å². The Balaban J connectivity index is 2.14. The third kappa shape index (κ3) is 2.47. The topological polar surface area (TPSA) is 26.3 Å². The molecule has 21 heavy (non-hydrogen) atoms. The van der Waals surface area contributed by atoms with E-state index in [-0.39, 0.29) is 5.92 Å². The molecule has 1 aliphatic rings. The Morgan fingerprint density at radius 1 is 1.05 bits per heavy atom. The van der Waals surface area contributed by atoms with Gasteiger partial charge < -0.3 is 4.74 Å². The molecule has 0 saturated heterocycles. The van der Waals surface area contributed by atoms with Gasteiger partial charge in [0.05, 0.1) is 5.92 Å². The van der Waals surface area contributed by atoms with Gasteiger partial charge in [0, 0.05) is 6.08 Å². The average Bonchev–Trinajstić information content (AvgIpc) is 2.82. The summed E-state index contributed by atoms with van der Waals surface area (Å²) in [5, 5.41) is 0. The van der Waals surface area contributed by atoms with Gasteiger partial charge >= 0.3 is 5.97 Å². The molecular weight excluding hydrogens is 396 g/mol. The highest BCUT2D eigenvalue weighted by atomic mass is 79.9. The van der Waals surface area contributed by atoms with Crippen molar-refractivity contribution >= 4 is 37.8 Å². The molecule has 0 atom stereocenters. The lowest BCUT2D eigenvalue weighted by atomic mass is 9.98. The molecule has 0 saturated carbocycles. The molecule has 0 bridgehead atoms. The second-order valence-corrected chi connectivity index (χ2v) is 8.21. The minimum atomic E-state index is -1.01. The Hall–Kier alpha value is -1.39. The summed E-state index contributed by atoms with van der Waals surface area (Å²) in [7, 11) is 0. The third-order valence-corrected chi connectivity index (χ3v) is 4.81. The van der Waals surface area contributed by atoms with Crippen molar-refractivity contribution in [1.82, 2.24) is 0 Å². The fourth-order valence-corrected chi connectivity index (χ4v) is 4.06. The van der Waals surface area contributed by atoms with Gasteiger partial charge in [0.1, 0.15) is 0 Å². The van der Waals surface area contributed by atoms with E-state index in [0.29, 0.717) is 0 Å². The summed E-state index contributed by atoms with van der Waals surface area (Å²) >= 11 is 7.03. The van der Waals surface area contributed by atoms with Gasteiger partial charge in [0.15, 0.2) is 0 Å². The maximum atomic E-state index is 11.6. The van der Waals surface area contributed by atoms with E-state index in [2.05, 4.69) is 62.7 Å². The van der Waals surface area contributed by atoms with Gasteiger partial charge in [-0.15, -0.1) is 0 Å². The largest absolute Gasteiger partial charge is 0.433 e. The number of hydrogen-bond donors (Lipinski definition) is 0. The summed E-state index contributed by atoms with van der Waals surface area (Å²) in [5.74, 6) is -0.612. The second kappa shape index (κ2) is 5.43. The Labute approximate surface area is 140 Å². The lowest BCUT2D eigenvalue weighted by molar-refractivity contribution is -0.140. The van der Waals surface area contributed by atoms with E-state index in [0.717, 1.165) is 28.3 Å². The first-order valence-corrected chi connectivity index (χ1v) is 8.04. The fraction of sp³-hybridized carbons (Fsp3) is 0.118. The summed E-state index contributed by atoms with van der Waals surface area (Å²) in [6.07, 6.45) is 1.16. The van der Waals surface area contributed by atoms with Crippen LogP contribution < -0.4 is 0 Å². The average molecular weight is 408 g/mol. The van der Waals surface area contributed by atoms with Crippen LogP contribution in [-0.4, -0.2) is 9.39 Å². The number of fused-ring (bicyclic) bond motifs is 3. The summed E-state index contributed by atoms with van der Waals surface area (Å²) < 4.78 is 4.46. The first-order chi connectivity index (χ1) is 10.0. The Morgan fingerprint density at radius 2 is 1.52 bits per heavy atom. The van der Waals surface area contributed by atoms with Crippen LogP contribution in [0.15, 0.2) is 61.2 Å². The van der Waals surface area contributed by atoms with Crippen molar-refractivity contribution < 1.29 is 9.53 Å². The van der Waals surface area contributed by atoms with Gasteiger partial charge in [-0.1, -0.05) is 55.1 Å². The SMILES string of the molecule is C=CC(=O)OC(Br)(Br)C1c2ccccc2-c2ccccc21. The molecule has 0 unspecified atom stereocenters. The number of esters is 1. The third-order valence-electron chi connectivity index (χ3n) is 3.57. The van der Waals surface area contributed by atoms with Crippen molar-refractivity contribution in [2.75, 3.05) is 0 Å². The number of rotatable bonds is 3. The van der Waals surface area contributed by atoms with Crippen molar-refractivity contribution in [2.24, 2.45) is 0 Å². The Bertz CT molecular complexity index is 677. The van der Waals surface area contributed by atoms with E-state index in [4.69, 9.17) is 4.74 Å². The van der Waals surface area contributed by atoms with Gasteiger partial charge in [0.25, 0.3) is 0 Å². The molecule has 0 amide bonds. The zero-order valence-corrected chi connectivity index (χ0v) is 14.2. The molecule has 0 heterocycles. The fourth-order valence-electron chi connectivity index (χ4n) is 2.75. The summed E-state index contributed by atoms with van der Waals surface area (Å²) in [5.41, 5.74) is 4.56. The van der Waals surface area contributed by atoms with Crippen LogP contribution in [0, 0.1) is 0 Å². The Morgan fingerprint density at radius 3 is 2.00 bits per heavy atom. The van der Waals surface area contributed by atoms with Crippen molar-refractivity contribution in [1.29, 1.82) is 0 Å². The Kier molecular flexibility index (Phi) is 3.76. The maximum Gasteiger partial charge on any atom is 0.332 e. The zero-order chi connectivity index (χ0) is 15.0. The van der Waals surface area contributed by atoms with Crippen LogP contribution in [-0.2, 0) is 9.53 Å². The molecule has 3 rings (SSSR count). The number of ether oxygens (including phenoxy) is 1. The molecule has 4 heteroatoms. The van der Waals surface area contributed by atoms with E-state index in [1.807, 2.05) is 24.3 Å². The van der Waals surface area contributed by atoms with Gasteiger partial charge in [-0.3, -0.25) is 0 Å². The van der Waals surface area contributed by atoms with Crippen LogP contribution in [0.4, 0.5) is 0 Å². The standard InChI is InChI=1S/C17H12Br2O2/c1-2-15(20)21-17(18,19)16-13-9-5-3-7-11(13)12-8-4-6-10-14(12)16/h2-10,16H,1H2. The molecule has 0 aliphatic heterocycles. The van der Waals surface area contributed by atoms with E-state index in [1.165, 1.54) is 0 Å². The van der Waals surface area contributed by atoms with E-state index in [1.54, 1.807) is 0 Å². The number of carbonyl (C=O) groups excluding carboxylic acids is 1. The summed E-state index contributed by atoms with van der Waals surface area (Å²) in [6.45, 7) is 3.44. The van der Waals surface area contributed by atoms with E-state index in [9.17, 15) is 4.79 Å². The van der Waals surface area contributed by atoms with Gasteiger partial charge in [0.2, 0.25) is 3.42 Å². The van der Waals surface area contributed by atoms with Crippen LogP contribution in [0.2, 0.25) is 0 Å². The highest BCUT2D eigenvalue weighted by Crippen LogP contribution is 2.55. The van der Waals surface area contributed by atoms with Gasteiger partial charge in [-0.05, 0) is 54.1 Å². The molecule has 0 spiro atoms. The van der Waals surface area contributed by atoms with Crippen molar-refractivity contribution in [3.8, 4) is 11.1 Å². The number of alkyl halides is 2. The van der Waals surface area contributed by atoms with Crippen LogP contribution in [0.25, 0.3) is 11.1 Å². The lowest BCUT2D eigenvalue weighted by Gasteiger charge is -2.28. The molecule has 0 N–H and O–H groups in total. The number of carbonyl (C=O) groups is 1. The minimum absolute atomic E-state index is 0.131. The van der Waals surface area contributed by atoms with E-state index >= 15 is 0 Å². The predicted molar refractivity (Wildman–Crippen MR) is 90.6 cm³/mol. The molecular formula is C17H12Br2O2. The van der Waals surface area contributed by atoms with Crippen molar-refractivity contribution in [3.63, 3.8) is 0 Å². The van der Waals surface area contributed by atoms with E-state index < -0.39 is 9.39 Å². The van der Waals surface area contributed by atoms with Crippen LogP contribution in [0.1, 0.15) is 17.0 Å².